The number of halogens is 1. The van der Waals surface area contributed by atoms with E-state index in [0.29, 0.717) is 18.9 Å². The zero-order valence-corrected chi connectivity index (χ0v) is 17.4. The molecule has 1 saturated heterocycles. The van der Waals surface area contributed by atoms with E-state index in [1.807, 2.05) is 24.3 Å². The number of nitrogens with zero attached hydrogens (tertiary/aromatic N) is 2. The summed E-state index contributed by atoms with van der Waals surface area (Å²) in [5, 5.41) is 3.35. The molecule has 1 aliphatic rings. The van der Waals surface area contributed by atoms with Crippen molar-refractivity contribution in [3.8, 4) is 5.75 Å². The maximum atomic E-state index is 11.2. The van der Waals surface area contributed by atoms with Crippen LogP contribution >= 0.6 is 24.0 Å². The molecule has 25 heavy (non-hydrogen) atoms. The molecule has 1 atom stereocenters. The van der Waals surface area contributed by atoms with Crippen LogP contribution in [0.3, 0.4) is 0 Å². The highest BCUT2D eigenvalue weighted by Gasteiger charge is 2.23. The largest absolute Gasteiger partial charge is 0.497 e. The fourth-order valence-corrected chi connectivity index (χ4v) is 3.07. The van der Waals surface area contributed by atoms with Crippen molar-refractivity contribution < 1.29 is 9.53 Å². The van der Waals surface area contributed by atoms with E-state index in [0.717, 1.165) is 49.7 Å². The summed E-state index contributed by atoms with van der Waals surface area (Å²) in [6.45, 7) is 5.25. The first-order valence-electron chi connectivity index (χ1n) is 8.56. The Hall–Kier alpha value is -1.51. The topological polar surface area (TPSA) is 80.0 Å². The number of piperidine rings is 1. The smallest absolute Gasteiger partial charge is 0.217 e. The Kier molecular flexibility index (Phi) is 9.62. The Morgan fingerprint density at radius 3 is 2.96 bits per heavy atom. The van der Waals surface area contributed by atoms with Gasteiger partial charge >= 0.3 is 0 Å². The average Bonchev–Trinajstić information content (AvgIpc) is 2.58. The molecular formula is C18H29IN4O2. The van der Waals surface area contributed by atoms with E-state index in [1.54, 1.807) is 7.11 Å². The number of likely N-dealkylation sites (tertiary alicyclic amines) is 1. The van der Waals surface area contributed by atoms with Crippen LogP contribution in [0.2, 0.25) is 0 Å². The molecule has 1 amide bonds. The second-order valence-electron chi connectivity index (χ2n) is 6.15. The Morgan fingerprint density at radius 1 is 1.48 bits per heavy atom. The first-order valence-corrected chi connectivity index (χ1v) is 8.56. The van der Waals surface area contributed by atoms with Gasteiger partial charge in [0, 0.05) is 26.1 Å². The molecule has 0 aliphatic carbocycles. The maximum Gasteiger partial charge on any atom is 0.217 e. The summed E-state index contributed by atoms with van der Waals surface area (Å²) in [5.74, 6) is 1.83. The van der Waals surface area contributed by atoms with E-state index in [1.165, 1.54) is 0 Å². The molecule has 7 heteroatoms. The number of aliphatic imine (C=N–C) groups is 1. The van der Waals surface area contributed by atoms with Crippen molar-refractivity contribution in [2.45, 2.75) is 32.7 Å². The van der Waals surface area contributed by atoms with Crippen LogP contribution in [0.15, 0.2) is 29.3 Å². The molecule has 0 aromatic heterocycles. The van der Waals surface area contributed by atoms with Crippen LogP contribution in [0.5, 0.6) is 5.75 Å². The summed E-state index contributed by atoms with van der Waals surface area (Å²) in [5.41, 5.74) is 6.46. The van der Waals surface area contributed by atoms with Gasteiger partial charge in [0.05, 0.1) is 13.7 Å². The highest BCUT2D eigenvalue weighted by molar-refractivity contribution is 14.0. The predicted molar refractivity (Wildman–Crippen MR) is 111 cm³/mol. The lowest BCUT2D eigenvalue weighted by Gasteiger charge is -2.34. The zero-order chi connectivity index (χ0) is 17.4. The molecule has 1 aromatic rings. The molecule has 1 fully saturated rings. The van der Waals surface area contributed by atoms with E-state index < -0.39 is 0 Å². The van der Waals surface area contributed by atoms with Gasteiger partial charge in [-0.25, -0.2) is 4.99 Å². The van der Waals surface area contributed by atoms with Crippen LogP contribution in [0.1, 0.15) is 31.7 Å². The number of rotatable bonds is 6. The second kappa shape index (κ2) is 11.2. The number of nitrogens with one attached hydrogen (secondary N) is 1. The second-order valence-corrected chi connectivity index (χ2v) is 6.15. The lowest BCUT2D eigenvalue weighted by molar-refractivity contribution is -0.119. The van der Waals surface area contributed by atoms with Crippen LogP contribution in [0.25, 0.3) is 0 Å². The van der Waals surface area contributed by atoms with Gasteiger partial charge in [-0.3, -0.25) is 4.79 Å². The SMILES string of the molecule is CCNC(=NCc1cccc(OC)c1)N1CCCC(CC(N)=O)C1.I. The normalized spacial score (nSPS) is 17.6. The number of primary amides is 1. The number of methoxy groups -OCH3 is 1. The molecule has 0 saturated carbocycles. The molecule has 140 valence electrons. The van der Waals surface area contributed by atoms with Crippen molar-refractivity contribution in [1.29, 1.82) is 0 Å². The first kappa shape index (κ1) is 21.5. The number of carbonyl (C=O) groups is 1. The lowest BCUT2D eigenvalue weighted by atomic mass is 9.95. The average molecular weight is 460 g/mol. The molecular weight excluding hydrogens is 431 g/mol. The predicted octanol–water partition coefficient (Wildman–Crippen LogP) is 2.37. The number of carbonyl (C=O) groups excluding carboxylic acids is 1. The number of ether oxygens (including phenoxy) is 1. The number of hydrogen-bond donors (Lipinski definition) is 2. The van der Waals surface area contributed by atoms with Crippen molar-refractivity contribution in [2.24, 2.45) is 16.6 Å². The van der Waals surface area contributed by atoms with E-state index in [9.17, 15) is 4.79 Å². The summed E-state index contributed by atoms with van der Waals surface area (Å²) < 4.78 is 5.26. The molecule has 0 radical (unpaired) electrons. The van der Waals surface area contributed by atoms with Crippen LogP contribution < -0.4 is 15.8 Å². The van der Waals surface area contributed by atoms with Gasteiger partial charge in [-0.2, -0.15) is 0 Å². The molecule has 0 bridgehead atoms. The highest BCUT2D eigenvalue weighted by atomic mass is 127. The number of hydrogen-bond acceptors (Lipinski definition) is 3. The standard InChI is InChI=1S/C18H28N4O2.HI/c1-3-20-18(21-12-14-6-4-8-16(10-14)24-2)22-9-5-7-15(13-22)11-17(19)23;/h4,6,8,10,15H,3,5,7,9,11-13H2,1-2H3,(H2,19,23)(H,20,21);1H. The number of nitrogens with two attached hydrogens (primary N) is 1. The minimum Gasteiger partial charge on any atom is -0.497 e. The fourth-order valence-electron chi connectivity index (χ4n) is 3.07. The van der Waals surface area contributed by atoms with E-state index in [4.69, 9.17) is 15.5 Å². The van der Waals surface area contributed by atoms with Crippen LogP contribution in [-0.2, 0) is 11.3 Å². The summed E-state index contributed by atoms with van der Waals surface area (Å²) in [6.07, 6.45) is 2.56. The van der Waals surface area contributed by atoms with Crippen LogP contribution in [-0.4, -0.2) is 43.5 Å². The zero-order valence-electron chi connectivity index (χ0n) is 15.0. The van der Waals surface area contributed by atoms with Crippen LogP contribution in [0, 0.1) is 5.92 Å². The summed E-state index contributed by atoms with van der Waals surface area (Å²) in [4.78, 5) is 18.2. The van der Waals surface area contributed by atoms with Crippen molar-refractivity contribution in [3.63, 3.8) is 0 Å². The molecule has 1 aliphatic heterocycles. The maximum absolute atomic E-state index is 11.2. The number of guanidine groups is 1. The summed E-state index contributed by atoms with van der Waals surface area (Å²) in [7, 11) is 1.67. The minimum atomic E-state index is -0.222. The van der Waals surface area contributed by atoms with Crippen molar-refractivity contribution >= 4 is 35.8 Å². The van der Waals surface area contributed by atoms with E-state index in [-0.39, 0.29) is 29.9 Å². The van der Waals surface area contributed by atoms with Crippen molar-refractivity contribution in [2.75, 3.05) is 26.7 Å². The van der Waals surface area contributed by atoms with Crippen molar-refractivity contribution in [1.82, 2.24) is 10.2 Å². The Bertz CT molecular complexity index is 580. The molecule has 2 rings (SSSR count). The van der Waals surface area contributed by atoms with E-state index in [2.05, 4.69) is 17.1 Å². The number of benzene rings is 1. The minimum absolute atomic E-state index is 0. The third-order valence-corrected chi connectivity index (χ3v) is 4.19. The monoisotopic (exact) mass is 460 g/mol. The Morgan fingerprint density at radius 2 is 2.28 bits per heavy atom. The number of amides is 1. The quantitative estimate of drug-likeness (QED) is 0.388. The third kappa shape index (κ3) is 7.09. The Labute approximate surface area is 167 Å². The highest BCUT2D eigenvalue weighted by Crippen LogP contribution is 2.20. The summed E-state index contributed by atoms with van der Waals surface area (Å²) in [6, 6.07) is 7.94. The first-order chi connectivity index (χ1) is 11.6. The molecule has 6 nitrogen and oxygen atoms in total. The lowest BCUT2D eigenvalue weighted by Crippen LogP contribution is -2.47. The molecule has 1 unspecified atom stereocenters. The van der Waals surface area contributed by atoms with E-state index >= 15 is 0 Å². The van der Waals surface area contributed by atoms with Gasteiger partial charge in [0.1, 0.15) is 5.75 Å². The molecule has 1 aromatic carbocycles. The fraction of sp³-hybridized carbons (Fsp3) is 0.556. The summed E-state index contributed by atoms with van der Waals surface area (Å²) >= 11 is 0. The van der Waals surface area contributed by atoms with Gasteiger partial charge in [-0.1, -0.05) is 12.1 Å². The molecule has 3 N–H and O–H groups in total. The van der Waals surface area contributed by atoms with Gasteiger partial charge in [0.25, 0.3) is 0 Å². The van der Waals surface area contributed by atoms with Crippen LogP contribution in [0.4, 0.5) is 0 Å². The third-order valence-electron chi connectivity index (χ3n) is 4.19. The van der Waals surface area contributed by atoms with Gasteiger partial charge in [0.2, 0.25) is 5.91 Å². The van der Waals surface area contributed by atoms with Gasteiger partial charge in [-0.15, -0.1) is 24.0 Å². The van der Waals surface area contributed by atoms with Gasteiger partial charge in [-0.05, 0) is 43.4 Å². The van der Waals surface area contributed by atoms with Gasteiger partial charge < -0.3 is 20.7 Å². The van der Waals surface area contributed by atoms with Crippen molar-refractivity contribution in [3.05, 3.63) is 29.8 Å². The molecule has 1 heterocycles. The van der Waals surface area contributed by atoms with Gasteiger partial charge in [0.15, 0.2) is 5.96 Å². The molecule has 0 spiro atoms. The Balaban J connectivity index is 0.00000312.